The lowest BCUT2D eigenvalue weighted by Crippen LogP contribution is -2.53. The summed E-state index contributed by atoms with van der Waals surface area (Å²) in [6.07, 6.45) is 1.88. The lowest BCUT2D eigenvalue weighted by molar-refractivity contribution is 0.353. The smallest absolute Gasteiger partial charge is 0.122 e. The molecular formula is C27H34OS2Si. The van der Waals surface area contributed by atoms with Crippen LogP contribution in [0.4, 0.5) is 0 Å². The topological polar surface area (TPSA) is 9.23 Å². The minimum absolute atomic E-state index is 0.0235. The molecule has 0 aliphatic heterocycles. The highest BCUT2D eigenvalue weighted by molar-refractivity contribution is 7.21. The molecule has 31 heavy (non-hydrogen) atoms. The number of thiophene rings is 2. The van der Waals surface area contributed by atoms with E-state index in [1.54, 1.807) is 11.1 Å². The summed E-state index contributed by atoms with van der Waals surface area (Å²) in [5, 5.41) is 6.08. The molecule has 0 saturated carbocycles. The van der Waals surface area contributed by atoms with Gasteiger partial charge in [0, 0.05) is 15.3 Å². The highest BCUT2D eigenvalue weighted by Crippen LogP contribution is 2.55. The number of hydrogen-bond acceptors (Lipinski definition) is 3. The second-order valence-electron chi connectivity index (χ2n) is 9.75. The molecule has 0 atom stereocenters. The molecule has 0 amide bonds. The molecule has 0 unspecified atom stereocenters. The molecule has 0 fully saturated rings. The number of fused-ring (bicyclic) bond motifs is 3. The summed E-state index contributed by atoms with van der Waals surface area (Å²) in [5.41, 5.74) is 6.34. The lowest BCUT2D eigenvalue weighted by atomic mass is 9.85. The maximum Gasteiger partial charge on any atom is 0.122 e. The molecule has 1 aliphatic rings. The molecule has 0 bridgehead atoms. The Bertz CT molecular complexity index is 1050. The molecule has 0 radical (unpaired) electrons. The van der Waals surface area contributed by atoms with Crippen molar-refractivity contribution in [3.63, 3.8) is 0 Å². The molecule has 1 aliphatic carbocycles. The Balaban J connectivity index is 2.02. The van der Waals surface area contributed by atoms with Gasteiger partial charge in [-0.1, -0.05) is 77.1 Å². The van der Waals surface area contributed by atoms with Crippen molar-refractivity contribution in [3.8, 4) is 15.5 Å². The van der Waals surface area contributed by atoms with Crippen LogP contribution in [0.1, 0.15) is 62.4 Å². The summed E-state index contributed by atoms with van der Waals surface area (Å²) in [4.78, 5) is 3.01. The summed E-state index contributed by atoms with van der Waals surface area (Å²) >= 11 is 3.82. The molecule has 2 heterocycles. The fraction of sp³-hybridized carbons (Fsp3) is 0.407. The highest BCUT2D eigenvalue weighted by Gasteiger charge is 2.49. The van der Waals surface area contributed by atoms with Crippen LogP contribution in [0.25, 0.3) is 9.75 Å². The van der Waals surface area contributed by atoms with Crippen molar-refractivity contribution in [1.82, 2.24) is 0 Å². The SMILES string of the molecule is C=CCOc1c(C(C)(C)C)cc(C)cc1[Si](CC)(CC)C1c2ccsc2-c2sccc21. The van der Waals surface area contributed by atoms with Crippen molar-refractivity contribution in [2.75, 3.05) is 6.61 Å². The molecule has 4 rings (SSSR count). The van der Waals surface area contributed by atoms with Gasteiger partial charge in [0.05, 0.1) is 0 Å². The largest absolute Gasteiger partial charge is 0.489 e. The van der Waals surface area contributed by atoms with Crippen LogP contribution in [0.5, 0.6) is 5.75 Å². The second-order valence-corrected chi connectivity index (χ2v) is 16.4. The van der Waals surface area contributed by atoms with Crippen LogP contribution in [0, 0.1) is 6.92 Å². The Kier molecular flexibility index (Phi) is 6.10. The predicted octanol–water partition coefficient (Wildman–Crippen LogP) is 8.03. The first-order chi connectivity index (χ1) is 14.8. The van der Waals surface area contributed by atoms with Gasteiger partial charge >= 0.3 is 0 Å². The van der Waals surface area contributed by atoms with Crippen molar-refractivity contribution in [3.05, 3.63) is 69.9 Å². The van der Waals surface area contributed by atoms with Gasteiger partial charge in [0.15, 0.2) is 0 Å². The molecule has 164 valence electrons. The normalized spacial score (nSPS) is 13.9. The third-order valence-corrected chi connectivity index (χ3v) is 14.7. The summed E-state index contributed by atoms with van der Waals surface area (Å²) in [6, 6.07) is 12.0. The van der Waals surface area contributed by atoms with Crippen molar-refractivity contribution >= 4 is 35.9 Å². The van der Waals surface area contributed by atoms with Gasteiger partial charge in [-0.05, 0) is 57.1 Å². The fourth-order valence-corrected chi connectivity index (χ4v) is 12.9. The Hall–Kier alpha value is -1.62. The Labute approximate surface area is 196 Å². The summed E-state index contributed by atoms with van der Waals surface area (Å²) in [5.74, 6) is 1.13. The molecule has 2 aromatic heterocycles. The number of aryl methyl sites for hydroxylation is 1. The first kappa shape index (κ1) is 22.6. The standard InChI is InChI=1S/C27H34OS2Si/c1-8-13-28-23-21(27(5,6)7)16-18(4)17-22(23)31(9-2,10-3)26-19-11-14-29-24(19)25-20(26)12-15-30-25/h8,11-12,14-17,26H,1,9-10,13H2,2-7H3. The first-order valence-electron chi connectivity index (χ1n) is 11.3. The molecular weight excluding hydrogens is 433 g/mol. The van der Waals surface area contributed by atoms with E-state index in [0.29, 0.717) is 12.1 Å². The van der Waals surface area contributed by atoms with Gasteiger partial charge in [-0.15, -0.1) is 22.7 Å². The number of ether oxygens (including phenoxy) is 1. The van der Waals surface area contributed by atoms with Crippen LogP contribution in [0.3, 0.4) is 0 Å². The van der Waals surface area contributed by atoms with Gasteiger partial charge in [0.2, 0.25) is 0 Å². The number of benzene rings is 1. The van der Waals surface area contributed by atoms with Crippen LogP contribution in [0.2, 0.25) is 12.1 Å². The molecule has 4 heteroatoms. The zero-order valence-corrected chi connectivity index (χ0v) is 22.3. The Morgan fingerprint density at radius 2 is 1.61 bits per heavy atom. The summed E-state index contributed by atoms with van der Waals surface area (Å²) in [7, 11) is -2.00. The van der Waals surface area contributed by atoms with Crippen LogP contribution >= 0.6 is 22.7 Å². The van der Waals surface area contributed by atoms with E-state index in [1.807, 2.05) is 28.7 Å². The van der Waals surface area contributed by atoms with Crippen LogP contribution in [-0.4, -0.2) is 14.7 Å². The van der Waals surface area contributed by atoms with Crippen molar-refractivity contribution in [2.45, 2.75) is 64.6 Å². The second kappa shape index (κ2) is 8.38. The molecule has 1 nitrogen and oxygen atoms in total. The minimum Gasteiger partial charge on any atom is -0.489 e. The zero-order chi connectivity index (χ0) is 22.4. The number of hydrogen-bond donors (Lipinski definition) is 0. The quantitative estimate of drug-likeness (QED) is 0.253. The van der Waals surface area contributed by atoms with Gasteiger partial charge in [0.1, 0.15) is 20.4 Å². The van der Waals surface area contributed by atoms with E-state index >= 15 is 0 Å². The average molecular weight is 467 g/mol. The fourth-order valence-electron chi connectivity index (χ4n) is 5.42. The van der Waals surface area contributed by atoms with Gasteiger partial charge in [-0.2, -0.15) is 0 Å². The summed E-state index contributed by atoms with van der Waals surface area (Å²) < 4.78 is 6.53. The first-order valence-corrected chi connectivity index (χ1v) is 15.6. The predicted molar refractivity (Wildman–Crippen MR) is 141 cm³/mol. The summed E-state index contributed by atoms with van der Waals surface area (Å²) in [6.45, 7) is 18.5. The Morgan fingerprint density at radius 1 is 1.03 bits per heavy atom. The third kappa shape index (κ3) is 3.57. The zero-order valence-electron chi connectivity index (χ0n) is 19.7. The minimum atomic E-state index is -2.00. The maximum absolute atomic E-state index is 6.53. The molecule has 1 aromatic carbocycles. The van der Waals surface area contributed by atoms with E-state index in [4.69, 9.17) is 4.74 Å². The van der Waals surface area contributed by atoms with Crippen molar-refractivity contribution in [1.29, 1.82) is 0 Å². The van der Waals surface area contributed by atoms with E-state index in [9.17, 15) is 0 Å². The van der Waals surface area contributed by atoms with E-state index in [-0.39, 0.29) is 5.41 Å². The van der Waals surface area contributed by atoms with Crippen LogP contribution < -0.4 is 9.92 Å². The molecule has 0 spiro atoms. The van der Waals surface area contributed by atoms with Crippen molar-refractivity contribution in [2.24, 2.45) is 0 Å². The Morgan fingerprint density at radius 3 is 2.10 bits per heavy atom. The molecule has 0 N–H and O–H groups in total. The average Bonchev–Trinajstić information content (AvgIpc) is 3.43. The third-order valence-electron chi connectivity index (χ3n) is 6.96. The highest BCUT2D eigenvalue weighted by atomic mass is 32.1. The maximum atomic E-state index is 6.53. The molecule has 3 aromatic rings. The monoisotopic (exact) mass is 466 g/mol. The van der Waals surface area contributed by atoms with Crippen molar-refractivity contribution < 1.29 is 4.74 Å². The van der Waals surface area contributed by atoms with E-state index in [1.165, 1.54) is 38.2 Å². The van der Waals surface area contributed by atoms with Gasteiger partial charge in [-0.25, -0.2) is 0 Å². The van der Waals surface area contributed by atoms with Crippen LogP contribution in [-0.2, 0) is 5.41 Å². The number of rotatable bonds is 7. The van der Waals surface area contributed by atoms with Gasteiger partial charge < -0.3 is 4.74 Å². The van der Waals surface area contributed by atoms with Crippen LogP contribution in [0.15, 0.2) is 47.7 Å². The van der Waals surface area contributed by atoms with Gasteiger partial charge in [-0.3, -0.25) is 0 Å². The lowest BCUT2D eigenvalue weighted by Gasteiger charge is -2.39. The van der Waals surface area contributed by atoms with E-state index in [0.717, 1.165) is 5.75 Å². The van der Waals surface area contributed by atoms with E-state index < -0.39 is 8.07 Å². The molecule has 0 saturated heterocycles. The van der Waals surface area contributed by atoms with Gasteiger partial charge in [0.25, 0.3) is 0 Å². The van der Waals surface area contributed by atoms with E-state index in [2.05, 4.69) is 83.1 Å².